The van der Waals surface area contributed by atoms with Crippen molar-refractivity contribution >= 4 is 17.4 Å². The number of aromatic nitrogens is 4. The molecule has 10 heteroatoms. The molecule has 0 saturated heterocycles. The summed E-state index contributed by atoms with van der Waals surface area (Å²) in [4.78, 5) is 29.0. The molecule has 1 N–H and O–H groups in total. The van der Waals surface area contributed by atoms with Gasteiger partial charge in [0.05, 0.1) is 16.6 Å². The first kappa shape index (κ1) is 15.5. The first-order chi connectivity index (χ1) is 11.4. The third-order valence-corrected chi connectivity index (χ3v) is 3.37. The van der Waals surface area contributed by atoms with E-state index in [0.717, 1.165) is 12.1 Å². The number of nitro groups is 1. The molecule has 0 unspecified atom stereocenters. The molecule has 0 saturated carbocycles. The monoisotopic (exact) mass is 331 g/mol. The van der Waals surface area contributed by atoms with Gasteiger partial charge in [0.1, 0.15) is 5.82 Å². The molecule has 2 heterocycles. The molecule has 3 rings (SSSR count). The molecule has 2 aromatic heterocycles. The van der Waals surface area contributed by atoms with Crippen LogP contribution in [0.3, 0.4) is 0 Å². The molecule has 0 aliphatic heterocycles. The van der Waals surface area contributed by atoms with Crippen LogP contribution >= 0.6 is 0 Å². The fourth-order valence-electron chi connectivity index (χ4n) is 2.20. The van der Waals surface area contributed by atoms with Crippen LogP contribution in [-0.4, -0.2) is 35.6 Å². The SMILES string of the molecule is CCc1cc(C(=O)O)nc2nc(-c3ccc([N+](=O)[O-])cc3F)nn12. The average molecular weight is 331 g/mol. The summed E-state index contributed by atoms with van der Waals surface area (Å²) in [6.07, 6.45) is 0.463. The Balaban J connectivity index is 2.18. The molecule has 1 aromatic carbocycles. The zero-order valence-corrected chi connectivity index (χ0v) is 12.3. The second-order valence-electron chi connectivity index (χ2n) is 4.86. The van der Waals surface area contributed by atoms with E-state index in [1.54, 1.807) is 6.92 Å². The van der Waals surface area contributed by atoms with Crippen LogP contribution in [0.5, 0.6) is 0 Å². The first-order valence-corrected chi connectivity index (χ1v) is 6.85. The maximum absolute atomic E-state index is 14.1. The van der Waals surface area contributed by atoms with Crippen LogP contribution in [0.1, 0.15) is 23.1 Å². The van der Waals surface area contributed by atoms with Crippen LogP contribution in [0.4, 0.5) is 10.1 Å². The summed E-state index contributed by atoms with van der Waals surface area (Å²) in [6.45, 7) is 1.80. The van der Waals surface area contributed by atoms with E-state index in [9.17, 15) is 19.3 Å². The number of nitrogens with zero attached hydrogens (tertiary/aromatic N) is 5. The van der Waals surface area contributed by atoms with Gasteiger partial charge in [0, 0.05) is 11.8 Å². The third kappa shape index (κ3) is 2.53. The van der Waals surface area contributed by atoms with E-state index in [0.29, 0.717) is 12.1 Å². The molecule has 0 radical (unpaired) electrons. The minimum atomic E-state index is -1.21. The predicted octanol–water partition coefficient (Wildman–Crippen LogP) is 2.10. The van der Waals surface area contributed by atoms with Gasteiger partial charge in [-0.05, 0) is 18.6 Å². The van der Waals surface area contributed by atoms with Crippen LogP contribution < -0.4 is 0 Å². The van der Waals surface area contributed by atoms with Gasteiger partial charge in [0.2, 0.25) is 0 Å². The lowest BCUT2D eigenvalue weighted by molar-refractivity contribution is -0.385. The molecule has 9 nitrogen and oxygen atoms in total. The number of aryl methyl sites for hydroxylation is 1. The highest BCUT2D eigenvalue weighted by Gasteiger charge is 2.18. The Kier molecular flexibility index (Phi) is 3.64. The molecule has 0 aliphatic rings. The highest BCUT2D eigenvalue weighted by Crippen LogP contribution is 2.24. The Morgan fingerprint density at radius 3 is 2.71 bits per heavy atom. The van der Waals surface area contributed by atoms with E-state index in [4.69, 9.17) is 5.11 Å². The summed E-state index contributed by atoms with van der Waals surface area (Å²) >= 11 is 0. The Hall–Kier alpha value is -3.43. The van der Waals surface area contributed by atoms with Crippen molar-refractivity contribution in [3.63, 3.8) is 0 Å². The van der Waals surface area contributed by atoms with Crippen molar-refractivity contribution in [3.8, 4) is 11.4 Å². The summed E-state index contributed by atoms with van der Waals surface area (Å²) in [6, 6.07) is 4.48. The number of halogens is 1. The molecule has 0 fully saturated rings. The average Bonchev–Trinajstić information content (AvgIpc) is 2.97. The fraction of sp³-hybridized carbons (Fsp3) is 0.143. The van der Waals surface area contributed by atoms with Crippen LogP contribution in [0.15, 0.2) is 24.3 Å². The lowest BCUT2D eigenvalue weighted by Gasteiger charge is -2.01. The predicted molar refractivity (Wildman–Crippen MR) is 79.2 cm³/mol. The van der Waals surface area contributed by atoms with Gasteiger partial charge < -0.3 is 5.11 Å². The zero-order valence-electron chi connectivity index (χ0n) is 12.3. The maximum Gasteiger partial charge on any atom is 0.354 e. The zero-order chi connectivity index (χ0) is 17.4. The van der Waals surface area contributed by atoms with E-state index in [-0.39, 0.29) is 28.5 Å². The highest BCUT2D eigenvalue weighted by molar-refractivity contribution is 5.86. The van der Waals surface area contributed by atoms with Gasteiger partial charge in [-0.15, -0.1) is 5.10 Å². The van der Waals surface area contributed by atoms with Crippen LogP contribution in [0.2, 0.25) is 0 Å². The Morgan fingerprint density at radius 1 is 1.38 bits per heavy atom. The van der Waals surface area contributed by atoms with Crippen molar-refractivity contribution in [1.82, 2.24) is 19.6 Å². The van der Waals surface area contributed by atoms with Gasteiger partial charge in [-0.2, -0.15) is 4.98 Å². The van der Waals surface area contributed by atoms with Gasteiger partial charge in [-0.1, -0.05) is 6.92 Å². The molecule has 24 heavy (non-hydrogen) atoms. The smallest absolute Gasteiger partial charge is 0.354 e. The molecule has 0 aliphatic carbocycles. The quantitative estimate of drug-likeness (QED) is 0.573. The maximum atomic E-state index is 14.1. The van der Waals surface area contributed by atoms with Crippen molar-refractivity contribution < 1.29 is 19.2 Å². The van der Waals surface area contributed by atoms with Crippen molar-refractivity contribution in [2.24, 2.45) is 0 Å². The number of aromatic carboxylic acids is 1. The molecular weight excluding hydrogens is 321 g/mol. The first-order valence-electron chi connectivity index (χ1n) is 6.85. The number of hydrogen-bond acceptors (Lipinski definition) is 6. The topological polar surface area (TPSA) is 124 Å². The molecule has 0 spiro atoms. The molecule has 122 valence electrons. The number of benzene rings is 1. The number of carboxylic acids is 1. The van der Waals surface area contributed by atoms with Gasteiger partial charge in [0.15, 0.2) is 11.5 Å². The van der Waals surface area contributed by atoms with Crippen molar-refractivity contribution in [2.75, 3.05) is 0 Å². The van der Waals surface area contributed by atoms with Gasteiger partial charge in [-0.25, -0.2) is 18.7 Å². The molecule has 0 amide bonds. The third-order valence-electron chi connectivity index (χ3n) is 3.37. The van der Waals surface area contributed by atoms with Crippen molar-refractivity contribution in [3.05, 3.63) is 51.6 Å². The summed E-state index contributed by atoms with van der Waals surface area (Å²) in [5.74, 6) is -2.08. The number of nitro benzene ring substituents is 1. The van der Waals surface area contributed by atoms with E-state index >= 15 is 0 Å². The second-order valence-corrected chi connectivity index (χ2v) is 4.86. The van der Waals surface area contributed by atoms with Crippen molar-refractivity contribution in [2.45, 2.75) is 13.3 Å². The molecule has 3 aromatic rings. The molecule has 0 atom stereocenters. The molecular formula is C14H10FN5O4. The number of non-ortho nitro benzene ring substituents is 1. The standard InChI is InChI=1S/C14H10FN5O4/c1-2-7-6-11(13(21)22)16-14-17-12(18-19(7)14)9-4-3-8(20(23)24)5-10(9)15/h3-6H,2H2,1H3,(H,21,22). The largest absolute Gasteiger partial charge is 0.477 e. The van der Waals surface area contributed by atoms with Crippen LogP contribution in [-0.2, 0) is 6.42 Å². The number of carboxylic acid groups (broad SMARTS) is 1. The number of fused-ring (bicyclic) bond motifs is 1. The lowest BCUT2D eigenvalue weighted by Crippen LogP contribution is -2.07. The van der Waals surface area contributed by atoms with Gasteiger partial charge >= 0.3 is 5.97 Å². The summed E-state index contributed by atoms with van der Waals surface area (Å²) in [7, 11) is 0. The van der Waals surface area contributed by atoms with Gasteiger partial charge in [-0.3, -0.25) is 10.1 Å². The minimum Gasteiger partial charge on any atom is -0.477 e. The number of carbonyl (C=O) groups is 1. The fourth-order valence-corrected chi connectivity index (χ4v) is 2.20. The highest BCUT2D eigenvalue weighted by atomic mass is 19.1. The normalized spacial score (nSPS) is 10.9. The summed E-state index contributed by atoms with van der Waals surface area (Å²) in [5, 5.41) is 23.9. The Morgan fingerprint density at radius 2 is 2.12 bits per heavy atom. The van der Waals surface area contributed by atoms with E-state index in [1.807, 2.05) is 0 Å². The number of rotatable bonds is 4. The van der Waals surface area contributed by atoms with Gasteiger partial charge in [0.25, 0.3) is 11.5 Å². The Bertz CT molecular complexity index is 985. The molecule has 0 bridgehead atoms. The van der Waals surface area contributed by atoms with E-state index in [1.165, 1.54) is 16.6 Å². The summed E-state index contributed by atoms with van der Waals surface area (Å²) in [5.41, 5.74) is -0.0773. The van der Waals surface area contributed by atoms with Crippen molar-refractivity contribution in [1.29, 1.82) is 0 Å². The van der Waals surface area contributed by atoms with E-state index < -0.39 is 16.7 Å². The van der Waals surface area contributed by atoms with E-state index in [2.05, 4.69) is 15.1 Å². The van der Waals surface area contributed by atoms with Crippen LogP contribution in [0.25, 0.3) is 17.2 Å². The Labute approximate surface area is 133 Å². The lowest BCUT2D eigenvalue weighted by atomic mass is 10.2. The van der Waals surface area contributed by atoms with Crippen LogP contribution in [0, 0.1) is 15.9 Å². The summed E-state index contributed by atoms with van der Waals surface area (Å²) < 4.78 is 15.4. The number of hydrogen-bond donors (Lipinski definition) is 1. The minimum absolute atomic E-state index is 0.0134. The second kappa shape index (κ2) is 5.65.